The Labute approximate surface area is 165 Å². The number of hydrogen-bond donors (Lipinski definition) is 1. The van der Waals surface area contributed by atoms with E-state index in [0.29, 0.717) is 19.1 Å². The molecule has 1 aliphatic rings. The van der Waals surface area contributed by atoms with Gasteiger partial charge in [0, 0.05) is 12.5 Å². The van der Waals surface area contributed by atoms with E-state index in [4.69, 9.17) is 15.1 Å². The molecule has 0 aromatic rings. The number of nitriles is 1. The van der Waals surface area contributed by atoms with E-state index in [2.05, 4.69) is 13.0 Å². The molecular weight excluding hydrogens is 301 g/mol. The Balaban J connectivity index is -0.000000386. The van der Waals surface area contributed by atoms with E-state index in [0.717, 1.165) is 12.3 Å². The van der Waals surface area contributed by atoms with Crippen molar-refractivity contribution in [3.05, 3.63) is 0 Å². The van der Waals surface area contributed by atoms with Crippen LogP contribution < -0.4 is 29.6 Å². The Morgan fingerprint density at radius 2 is 1.87 bits per heavy atom. The first-order chi connectivity index (χ1) is 10.7. The molecule has 0 radical (unpaired) electrons. The molecule has 0 saturated heterocycles. The molecule has 0 aliphatic heterocycles. The number of carbonyl (C=O) groups is 1. The third kappa shape index (κ3) is 15.2. The number of rotatable bonds is 11. The summed E-state index contributed by atoms with van der Waals surface area (Å²) in [5.41, 5.74) is 0. The second-order valence-electron chi connectivity index (χ2n) is 5.97. The summed E-state index contributed by atoms with van der Waals surface area (Å²) in [7, 11) is 0. The van der Waals surface area contributed by atoms with Gasteiger partial charge in [-0.2, -0.15) is 5.26 Å². The van der Waals surface area contributed by atoms with Crippen LogP contribution in [0.25, 0.3) is 0 Å². The molecule has 0 aromatic carbocycles. The minimum atomic E-state index is -0.807. The molecule has 5 heteroatoms. The summed E-state index contributed by atoms with van der Waals surface area (Å²) < 4.78 is 4.76. The van der Waals surface area contributed by atoms with Crippen LogP contribution in [0.1, 0.15) is 79.5 Å². The van der Waals surface area contributed by atoms with Crippen molar-refractivity contribution in [2.45, 2.75) is 78.1 Å². The standard InChI is InChI=1S/C13H23N.C5H10O3.Na.H/c1-2-3-4-5-6-7-8-12-9-10-13(12)11-14;1-2-8-4-3-5(6)7;;/h12-13H,2-10H2,1H3;2-4H2,1H3,(H,6,7);;/q;;+1;-1. The first-order valence-corrected chi connectivity index (χ1v) is 8.84. The van der Waals surface area contributed by atoms with Gasteiger partial charge in [0.2, 0.25) is 0 Å². The third-order valence-corrected chi connectivity index (χ3v) is 4.18. The molecular formula is C18H34NNaO3. The van der Waals surface area contributed by atoms with Crippen LogP contribution in [-0.2, 0) is 9.53 Å². The second-order valence-corrected chi connectivity index (χ2v) is 5.97. The van der Waals surface area contributed by atoms with Crippen molar-refractivity contribution in [2.24, 2.45) is 11.8 Å². The zero-order valence-electron chi connectivity index (χ0n) is 16.4. The molecule has 0 amide bonds. The fourth-order valence-corrected chi connectivity index (χ4v) is 2.58. The summed E-state index contributed by atoms with van der Waals surface area (Å²) >= 11 is 0. The Hall–Kier alpha value is -0.0800. The van der Waals surface area contributed by atoms with Gasteiger partial charge in [0.1, 0.15) is 0 Å². The molecule has 0 heterocycles. The summed E-state index contributed by atoms with van der Waals surface area (Å²) in [6, 6.07) is 2.41. The second kappa shape index (κ2) is 18.3. The van der Waals surface area contributed by atoms with Crippen molar-refractivity contribution in [3.63, 3.8) is 0 Å². The minimum Gasteiger partial charge on any atom is -1.00 e. The largest absolute Gasteiger partial charge is 1.00 e. The maximum absolute atomic E-state index is 9.79. The molecule has 0 bridgehead atoms. The predicted molar refractivity (Wildman–Crippen MR) is 89.7 cm³/mol. The first kappa shape index (κ1) is 25.2. The van der Waals surface area contributed by atoms with E-state index in [1.165, 1.54) is 51.4 Å². The van der Waals surface area contributed by atoms with E-state index in [1.807, 2.05) is 6.92 Å². The number of aliphatic carboxylic acids is 1. The summed E-state index contributed by atoms with van der Waals surface area (Å²) in [5, 5.41) is 16.8. The summed E-state index contributed by atoms with van der Waals surface area (Å²) in [6.45, 7) is 5.01. The van der Waals surface area contributed by atoms with Crippen molar-refractivity contribution in [1.82, 2.24) is 0 Å². The quantitative estimate of drug-likeness (QED) is 0.462. The molecule has 1 rings (SSSR count). The summed E-state index contributed by atoms with van der Waals surface area (Å²) in [4.78, 5) is 9.79. The predicted octanol–water partition coefficient (Wildman–Crippen LogP) is 1.90. The van der Waals surface area contributed by atoms with Gasteiger partial charge < -0.3 is 11.3 Å². The molecule has 1 N–H and O–H groups in total. The van der Waals surface area contributed by atoms with Crippen LogP contribution in [0.4, 0.5) is 0 Å². The van der Waals surface area contributed by atoms with E-state index in [1.54, 1.807) is 0 Å². The van der Waals surface area contributed by atoms with Gasteiger partial charge in [-0.1, -0.05) is 45.4 Å². The smallest absolute Gasteiger partial charge is 1.00 e. The van der Waals surface area contributed by atoms with E-state index < -0.39 is 5.97 Å². The molecule has 2 atom stereocenters. The third-order valence-electron chi connectivity index (χ3n) is 4.18. The molecule has 23 heavy (non-hydrogen) atoms. The fourth-order valence-electron chi connectivity index (χ4n) is 2.58. The average Bonchev–Trinajstić information content (AvgIpc) is 2.46. The molecule has 1 saturated carbocycles. The van der Waals surface area contributed by atoms with Crippen LogP contribution in [0.3, 0.4) is 0 Å². The topological polar surface area (TPSA) is 70.3 Å². The summed E-state index contributed by atoms with van der Waals surface area (Å²) in [5.74, 6) is 0.357. The van der Waals surface area contributed by atoms with Crippen molar-refractivity contribution in [1.29, 1.82) is 5.26 Å². The zero-order valence-corrected chi connectivity index (χ0v) is 17.4. The minimum absolute atomic E-state index is 0. The van der Waals surface area contributed by atoms with E-state index >= 15 is 0 Å². The molecule has 130 valence electrons. The Morgan fingerprint density at radius 1 is 1.22 bits per heavy atom. The number of unbranched alkanes of at least 4 members (excludes halogenated alkanes) is 5. The normalized spacial score (nSPS) is 18.7. The van der Waals surface area contributed by atoms with Crippen LogP contribution >= 0.6 is 0 Å². The molecule has 1 aliphatic carbocycles. The number of nitrogens with zero attached hydrogens (tertiary/aromatic N) is 1. The Bertz CT molecular complexity index is 324. The van der Waals surface area contributed by atoms with Crippen LogP contribution in [-0.4, -0.2) is 24.3 Å². The maximum atomic E-state index is 9.79. The van der Waals surface area contributed by atoms with Crippen LogP contribution in [0.2, 0.25) is 0 Å². The summed E-state index contributed by atoms with van der Waals surface area (Å²) in [6.07, 6.45) is 12.2. The van der Waals surface area contributed by atoms with Crippen LogP contribution in [0, 0.1) is 23.2 Å². The van der Waals surface area contributed by atoms with Crippen molar-refractivity contribution in [2.75, 3.05) is 13.2 Å². The molecule has 0 spiro atoms. The van der Waals surface area contributed by atoms with E-state index in [9.17, 15) is 4.79 Å². The van der Waals surface area contributed by atoms with Crippen LogP contribution in [0.15, 0.2) is 0 Å². The SMILES string of the molecule is CCCCCCCCC1CCC1C#N.CCOCCC(=O)O.[H-].[Na+]. The van der Waals surface area contributed by atoms with Gasteiger partial charge >= 0.3 is 35.5 Å². The van der Waals surface area contributed by atoms with Crippen molar-refractivity contribution >= 4 is 5.97 Å². The Kier molecular flexibility index (Phi) is 20.0. The number of carboxylic acids is 1. The van der Waals surface area contributed by atoms with Gasteiger partial charge in [-0.3, -0.25) is 4.79 Å². The van der Waals surface area contributed by atoms with Gasteiger partial charge in [0.25, 0.3) is 0 Å². The molecule has 1 fully saturated rings. The average molecular weight is 335 g/mol. The fraction of sp³-hybridized carbons (Fsp3) is 0.889. The molecule has 4 nitrogen and oxygen atoms in total. The molecule has 0 aromatic heterocycles. The van der Waals surface area contributed by atoms with Gasteiger partial charge in [0.05, 0.1) is 19.1 Å². The zero-order chi connectivity index (χ0) is 16.6. The number of ether oxygens (including phenoxy) is 1. The van der Waals surface area contributed by atoms with Crippen molar-refractivity contribution in [3.8, 4) is 6.07 Å². The maximum Gasteiger partial charge on any atom is 1.00 e. The number of hydrogen-bond acceptors (Lipinski definition) is 3. The monoisotopic (exact) mass is 335 g/mol. The van der Waals surface area contributed by atoms with Gasteiger partial charge in [-0.25, -0.2) is 0 Å². The number of carboxylic acid groups (broad SMARTS) is 1. The van der Waals surface area contributed by atoms with Gasteiger partial charge in [0.15, 0.2) is 0 Å². The van der Waals surface area contributed by atoms with Crippen molar-refractivity contribution < 1.29 is 45.6 Å². The molecule has 2 unspecified atom stereocenters. The van der Waals surface area contributed by atoms with E-state index in [-0.39, 0.29) is 37.4 Å². The first-order valence-electron chi connectivity index (χ1n) is 8.84. The Morgan fingerprint density at radius 3 is 2.35 bits per heavy atom. The van der Waals surface area contributed by atoms with Crippen LogP contribution in [0.5, 0.6) is 0 Å². The van der Waals surface area contributed by atoms with Gasteiger partial charge in [-0.15, -0.1) is 0 Å². The van der Waals surface area contributed by atoms with Gasteiger partial charge in [-0.05, 0) is 32.1 Å².